The molecule has 0 unspecified atom stereocenters. The van der Waals surface area contributed by atoms with Crippen molar-refractivity contribution < 1.29 is 14.3 Å². The minimum Gasteiger partial charge on any atom is -0.492 e. The highest BCUT2D eigenvalue weighted by Crippen LogP contribution is 2.25. The third-order valence-corrected chi connectivity index (χ3v) is 4.72. The number of rotatable bonds is 6. The Kier molecular flexibility index (Phi) is 10.6. The summed E-state index contributed by atoms with van der Waals surface area (Å²) in [5, 5.41) is 3.23. The zero-order valence-electron chi connectivity index (χ0n) is 17.9. The number of hydrogen-bond donors (Lipinski definition) is 2. The van der Waals surface area contributed by atoms with E-state index < -0.39 is 0 Å². The Bertz CT molecular complexity index is 668. The van der Waals surface area contributed by atoms with Crippen LogP contribution in [0.5, 0.6) is 5.75 Å². The molecule has 2 rings (SSSR count). The monoisotopic (exact) mass is 518 g/mol. The van der Waals surface area contributed by atoms with Crippen molar-refractivity contribution in [3.8, 4) is 5.75 Å². The van der Waals surface area contributed by atoms with E-state index in [0.29, 0.717) is 38.8 Å². The second-order valence-electron chi connectivity index (χ2n) is 8.00. The molecular formula is C21H35IN4O3. The number of carbonyl (C=O) groups is 1. The number of benzene rings is 1. The number of amides is 1. The van der Waals surface area contributed by atoms with Gasteiger partial charge in [-0.2, -0.15) is 0 Å². The van der Waals surface area contributed by atoms with Crippen molar-refractivity contribution in [3.63, 3.8) is 0 Å². The SMILES string of the molecule is CCOC(=O)N1CCC(NC(N)=NCCOc2cccc(C(C)(C)C)c2)CC1.I. The van der Waals surface area contributed by atoms with E-state index >= 15 is 0 Å². The van der Waals surface area contributed by atoms with Gasteiger partial charge in [0, 0.05) is 19.1 Å². The van der Waals surface area contributed by atoms with Crippen LogP contribution in [0.15, 0.2) is 29.3 Å². The van der Waals surface area contributed by atoms with Crippen LogP contribution in [-0.4, -0.2) is 55.8 Å². The molecule has 1 aliphatic heterocycles. The van der Waals surface area contributed by atoms with E-state index in [0.717, 1.165) is 18.6 Å². The summed E-state index contributed by atoms with van der Waals surface area (Å²) in [5.41, 5.74) is 7.32. The Hall–Kier alpha value is -1.71. The molecule has 0 aliphatic carbocycles. The first-order chi connectivity index (χ1) is 13.3. The lowest BCUT2D eigenvalue weighted by atomic mass is 9.87. The molecule has 1 aliphatic rings. The lowest BCUT2D eigenvalue weighted by Crippen LogP contribution is -2.48. The van der Waals surface area contributed by atoms with Crippen molar-refractivity contribution in [2.45, 2.75) is 52.0 Å². The maximum atomic E-state index is 11.7. The van der Waals surface area contributed by atoms with Crippen molar-refractivity contribution in [1.82, 2.24) is 10.2 Å². The van der Waals surface area contributed by atoms with Crippen LogP contribution in [0.25, 0.3) is 0 Å². The number of carbonyl (C=O) groups excluding carboxylic acids is 1. The number of ether oxygens (including phenoxy) is 2. The highest BCUT2D eigenvalue weighted by atomic mass is 127. The molecule has 0 aromatic heterocycles. The van der Waals surface area contributed by atoms with Gasteiger partial charge >= 0.3 is 6.09 Å². The topological polar surface area (TPSA) is 89.2 Å². The van der Waals surface area contributed by atoms with Crippen LogP contribution in [-0.2, 0) is 10.2 Å². The fraction of sp³-hybridized carbons (Fsp3) is 0.619. The summed E-state index contributed by atoms with van der Waals surface area (Å²) in [6.45, 7) is 11.0. The third kappa shape index (κ3) is 8.67. The maximum absolute atomic E-state index is 11.7. The maximum Gasteiger partial charge on any atom is 0.409 e. The number of aliphatic imine (C=N–C) groups is 1. The van der Waals surface area contributed by atoms with Gasteiger partial charge in [0.05, 0.1) is 13.2 Å². The van der Waals surface area contributed by atoms with Crippen LogP contribution in [0.1, 0.15) is 46.1 Å². The number of nitrogens with one attached hydrogen (secondary N) is 1. The Morgan fingerprint density at radius 1 is 1.31 bits per heavy atom. The van der Waals surface area contributed by atoms with E-state index in [1.165, 1.54) is 5.56 Å². The summed E-state index contributed by atoms with van der Waals surface area (Å²) in [6, 6.07) is 8.37. The smallest absolute Gasteiger partial charge is 0.409 e. The number of nitrogens with zero attached hydrogens (tertiary/aromatic N) is 2. The largest absolute Gasteiger partial charge is 0.492 e. The summed E-state index contributed by atoms with van der Waals surface area (Å²) in [4.78, 5) is 17.8. The Labute approximate surface area is 191 Å². The number of piperidine rings is 1. The van der Waals surface area contributed by atoms with Gasteiger partial charge in [0.15, 0.2) is 5.96 Å². The van der Waals surface area contributed by atoms with Crippen LogP contribution < -0.4 is 15.8 Å². The highest BCUT2D eigenvalue weighted by Gasteiger charge is 2.23. The first kappa shape index (κ1) is 25.3. The molecule has 1 amide bonds. The molecular weight excluding hydrogens is 483 g/mol. The average molecular weight is 518 g/mol. The highest BCUT2D eigenvalue weighted by molar-refractivity contribution is 14.0. The zero-order valence-corrected chi connectivity index (χ0v) is 20.3. The third-order valence-electron chi connectivity index (χ3n) is 4.72. The second kappa shape index (κ2) is 12.1. The molecule has 164 valence electrons. The van der Waals surface area contributed by atoms with Gasteiger partial charge < -0.3 is 25.4 Å². The summed E-state index contributed by atoms with van der Waals surface area (Å²) in [7, 11) is 0. The van der Waals surface area contributed by atoms with Crippen molar-refractivity contribution in [2.75, 3.05) is 32.8 Å². The lowest BCUT2D eigenvalue weighted by molar-refractivity contribution is 0.0963. The van der Waals surface area contributed by atoms with Crippen LogP contribution in [0.4, 0.5) is 4.79 Å². The molecule has 0 atom stereocenters. The van der Waals surface area contributed by atoms with E-state index in [2.05, 4.69) is 43.2 Å². The van der Waals surface area contributed by atoms with Crippen molar-refractivity contribution >= 4 is 36.0 Å². The molecule has 1 heterocycles. The summed E-state index contributed by atoms with van der Waals surface area (Å²) < 4.78 is 10.8. The number of likely N-dealkylation sites (tertiary alicyclic amines) is 1. The molecule has 8 heteroatoms. The van der Waals surface area contributed by atoms with Gasteiger partial charge in [-0.25, -0.2) is 9.79 Å². The Balaban J connectivity index is 0.00000420. The van der Waals surface area contributed by atoms with Crippen molar-refractivity contribution in [3.05, 3.63) is 29.8 Å². The normalized spacial score (nSPS) is 15.4. The van der Waals surface area contributed by atoms with Gasteiger partial charge in [0.25, 0.3) is 0 Å². The van der Waals surface area contributed by atoms with Crippen LogP contribution >= 0.6 is 24.0 Å². The van der Waals surface area contributed by atoms with Crippen molar-refractivity contribution in [1.29, 1.82) is 0 Å². The fourth-order valence-corrected chi connectivity index (χ4v) is 3.06. The summed E-state index contributed by atoms with van der Waals surface area (Å²) >= 11 is 0. The van der Waals surface area contributed by atoms with E-state index in [4.69, 9.17) is 15.2 Å². The van der Waals surface area contributed by atoms with Crippen LogP contribution in [0.3, 0.4) is 0 Å². The molecule has 0 bridgehead atoms. The molecule has 0 saturated carbocycles. The molecule has 29 heavy (non-hydrogen) atoms. The predicted octanol–water partition coefficient (Wildman–Crippen LogP) is 3.51. The zero-order chi connectivity index (χ0) is 20.6. The number of halogens is 1. The summed E-state index contributed by atoms with van der Waals surface area (Å²) in [6.07, 6.45) is 1.41. The summed E-state index contributed by atoms with van der Waals surface area (Å²) in [5.74, 6) is 1.27. The Morgan fingerprint density at radius 3 is 2.62 bits per heavy atom. The van der Waals surface area contributed by atoms with E-state index in [9.17, 15) is 4.79 Å². The van der Waals surface area contributed by atoms with Gasteiger partial charge in [0.2, 0.25) is 0 Å². The molecule has 1 fully saturated rings. The average Bonchev–Trinajstić information content (AvgIpc) is 2.65. The molecule has 0 spiro atoms. The lowest BCUT2D eigenvalue weighted by Gasteiger charge is -2.31. The van der Waals surface area contributed by atoms with E-state index in [1.807, 2.05) is 19.1 Å². The van der Waals surface area contributed by atoms with Gasteiger partial charge in [-0.05, 0) is 42.9 Å². The van der Waals surface area contributed by atoms with Gasteiger partial charge in [-0.15, -0.1) is 24.0 Å². The molecule has 1 saturated heterocycles. The van der Waals surface area contributed by atoms with E-state index in [1.54, 1.807) is 4.90 Å². The van der Waals surface area contributed by atoms with Gasteiger partial charge in [0.1, 0.15) is 12.4 Å². The number of hydrogen-bond acceptors (Lipinski definition) is 4. The number of nitrogens with two attached hydrogens (primary N) is 1. The minimum atomic E-state index is -0.240. The molecule has 1 aromatic carbocycles. The fourth-order valence-electron chi connectivity index (χ4n) is 3.06. The second-order valence-corrected chi connectivity index (χ2v) is 8.00. The van der Waals surface area contributed by atoms with Crippen LogP contribution in [0.2, 0.25) is 0 Å². The first-order valence-corrected chi connectivity index (χ1v) is 10.0. The molecule has 1 aromatic rings. The van der Waals surface area contributed by atoms with Crippen molar-refractivity contribution in [2.24, 2.45) is 10.7 Å². The van der Waals surface area contributed by atoms with E-state index in [-0.39, 0.29) is 41.5 Å². The quantitative estimate of drug-likeness (QED) is 0.261. The minimum absolute atomic E-state index is 0. The number of guanidine groups is 1. The first-order valence-electron chi connectivity index (χ1n) is 10.0. The molecule has 7 nitrogen and oxygen atoms in total. The Morgan fingerprint density at radius 2 is 2.00 bits per heavy atom. The molecule has 0 radical (unpaired) electrons. The van der Waals surface area contributed by atoms with Gasteiger partial charge in [-0.1, -0.05) is 32.9 Å². The van der Waals surface area contributed by atoms with Gasteiger partial charge in [-0.3, -0.25) is 0 Å². The predicted molar refractivity (Wildman–Crippen MR) is 127 cm³/mol. The molecule has 3 N–H and O–H groups in total. The standard InChI is InChI=1S/C21H34N4O3.HI/c1-5-27-20(26)25-12-9-17(10-13-25)24-19(22)23-11-14-28-18-8-6-7-16(15-18)21(2,3)4;/h6-8,15,17H,5,9-14H2,1-4H3,(H3,22,23,24);1H. The van der Waals surface area contributed by atoms with Crippen LogP contribution in [0, 0.1) is 0 Å².